The fraction of sp³-hybridized carbons (Fsp3) is 0.391. The van der Waals surface area contributed by atoms with Gasteiger partial charge in [-0.2, -0.15) is 0 Å². The highest BCUT2D eigenvalue weighted by atomic mass is 35.5. The van der Waals surface area contributed by atoms with Crippen LogP contribution in [0.1, 0.15) is 43.7 Å². The van der Waals surface area contributed by atoms with Gasteiger partial charge in [0.2, 0.25) is 11.8 Å². The SMILES string of the molecule is Cl.[2H]c1c([2H])c([2H])c(CN2CCC(C3(c4ccccc4)CCC(=O)NC3=O)CC2)c([2H])c1[2H]. The number of hydrogen-bond donors (Lipinski definition) is 1. The zero-order chi connectivity index (χ0) is 23.0. The van der Waals surface area contributed by atoms with Gasteiger partial charge in [-0.15, -0.1) is 12.4 Å². The molecule has 2 aliphatic heterocycles. The molecule has 2 aromatic rings. The smallest absolute Gasteiger partial charge is 0.237 e. The normalized spacial score (nSPS) is 26.2. The number of rotatable bonds is 4. The Labute approximate surface area is 179 Å². The molecule has 4 rings (SSSR count). The van der Waals surface area contributed by atoms with Crippen molar-refractivity contribution in [2.75, 3.05) is 13.1 Å². The van der Waals surface area contributed by atoms with E-state index in [0.29, 0.717) is 31.5 Å². The highest BCUT2D eigenvalue weighted by molar-refractivity contribution is 6.03. The van der Waals surface area contributed by atoms with E-state index in [1.54, 1.807) is 0 Å². The molecule has 28 heavy (non-hydrogen) atoms. The fourth-order valence-electron chi connectivity index (χ4n) is 4.52. The molecule has 2 amide bonds. The molecule has 2 aromatic carbocycles. The van der Waals surface area contributed by atoms with Crippen LogP contribution in [0.25, 0.3) is 0 Å². The fourth-order valence-corrected chi connectivity index (χ4v) is 4.52. The molecule has 4 nitrogen and oxygen atoms in total. The van der Waals surface area contributed by atoms with Crippen LogP contribution in [-0.2, 0) is 21.5 Å². The Morgan fingerprint density at radius 2 is 1.75 bits per heavy atom. The first-order valence-electron chi connectivity index (χ1n) is 11.9. The third-order valence-corrected chi connectivity index (χ3v) is 5.91. The maximum Gasteiger partial charge on any atom is 0.237 e. The number of carbonyl (C=O) groups excluding carboxylic acids is 2. The van der Waals surface area contributed by atoms with E-state index in [9.17, 15) is 9.59 Å². The minimum Gasteiger partial charge on any atom is -0.299 e. The van der Waals surface area contributed by atoms with E-state index < -0.39 is 5.41 Å². The van der Waals surface area contributed by atoms with Crippen LogP contribution in [0.3, 0.4) is 0 Å². The van der Waals surface area contributed by atoms with Gasteiger partial charge in [-0.1, -0.05) is 60.5 Å². The summed E-state index contributed by atoms with van der Waals surface area (Å²) in [5.41, 5.74) is 0.472. The summed E-state index contributed by atoms with van der Waals surface area (Å²) in [6.07, 6.45) is 2.23. The van der Waals surface area contributed by atoms with Crippen LogP contribution in [0.15, 0.2) is 60.5 Å². The second-order valence-corrected chi connectivity index (χ2v) is 7.37. The first-order valence-corrected chi connectivity index (χ1v) is 9.43. The lowest BCUT2D eigenvalue weighted by molar-refractivity contribution is -0.140. The highest BCUT2D eigenvalue weighted by Crippen LogP contribution is 2.44. The quantitative estimate of drug-likeness (QED) is 0.792. The van der Waals surface area contributed by atoms with Gasteiger partial charge in [0.25, 0.3) is 0 Å². The standard InChI is InChI=1S/C23H26N2O2.ClH/c26-21-11-14-23(22(27)24-21,19-9-5-2-6-10-19)20-12-15-25(16-13-20)17-18-7-3-1-4-8-18;/h1-10,20H,11-17H2,(H,24,26,27);1H/i1D,3D,4D,7D,8D;. The molecule has 0 aromatic heterocycles. The summed E-state index contributed by atoms with van der Waals surface area (Å²) < 4.78 is 39.8. The van der Waals surface area contributed by atoms with E-state index in [1.165, 1.54) is 0 Å². The van der Waals surface area contributed by atoms with E-state index in [4.69, 9.17) is 6.85 Å². The maximum absolute atomic E-state index is 13.1. The summed E-state index contributed by atoms with van der Waals surface area (Å²) in [6, 6.07) is 8.29. The zero-order valence-electron chi connectivity index (χ0n) is 20.6. The summed E-state index contributed by atoms with van der Waals surface area (Å²) in [5, 5.41) is 2.55. The molecule has 1 atom stereocenters. The largest absolute Gasteiger partial charge is 0.299 e. The molecule has 0 spiro atoms. The Morgan fingerprint density at radius 1 is 1.07 bits per heavy atom. The van der Waals surface area contributed by atoms with Crippen LogP contribution in [0.2, 0.25) is 0 Å². The molecule has 1 N–H and O–H groups in total. The van der Waals surface area contributed by atoms with Crippen molar-refractivity contribution < 1.29 is 16.4 Å². The molecule has 2 aliphatic rings. The molecule has 0 saturated carbocycles. The average Bonchev–Trinajstić information content (AvgIpc) is 2.81. The topological polar surface area (TPSA) is 49.4 Å². The van der Waals surface area contributed by atoms with Crippen LogP contribution in [0, 0.1) is 5.92 Å². The van der Waals surface area contributed by atoms with Crippen LogP contribution in [-0.4, -0.2) is 29.8 Å². The van der Waals surface area contributed by atoms with Gasteiger partial charge in [0.1, 0.15) is 0 Å². The molecule has 148 valence electrons. The van der Waals surface area contributed by atoms with Crippen molar-refractivity contribution in [1.82, 2.24) is 10.2 Å². The minimum absolute atomic E-state index is 0. The van der Waals surface area contributed by atoms with Crippen molar-refractivity contribution in [1.29, 1.82) is 0 Å². The number of piperidine rings is 2. The number of nitrogens with one attached hydrogen (secondary N) is 1. The van der Waals surface area contributed by atoms with Gasteiger partial charge in [0.15, 0.2) is 0 Å². The molecule has 2 fully saturated rings. The van der Waals surface area contributed by atoms with Gasteiger partial charge >= 0.3 is 0 Å². The summed E-state index contributed by atoms with van der Waals surface area (Å²) in [6.45, 7) is 1.55. The van der Waals surface area contributed by atoms with Crippen LogP contribution in [0.4, 0.5) is 0 Å². The van der Waals surface area contributed by atoms with Crippen molar-refractivity contribution in [3.63, 3.8) is 0 Å². The van der Waals surface area contributed by atoms with E-state index in [2.05, 4.69) is 10.2 Å². The number of amides is 2. The summed E-state index contributed by atoms with van der Waals surface area (Å²) in [7, 11) is 0. The van der Waals surface area contributed by atoms with E-state index in [-0.39, 0.29) is 66.9 Å². The van der Waals surface area contributed by atoms with E-state index in [1.807, 2.05) is 30.3 Å². The molecular formula is C23H27ClN2O2. The molecule has 0 bridgehead atoms. The van der Waals surface area contributed by atoms with Gasteiger partial charge in [0.05, 0.1) is 12.3 Å². The molecule has 0 aliphatic carbocycles. The number of benzene rings is 2. The van der Waals surface area contributed by atoms with Crippen LogP contribution in [0.5, 0.6) is 0 Å². The number of likely N-dealkylation sites (tertiary alicyclic amines) is 1. The monoisotopic (exact) mass is 403 g/mol. The third kappa shape index (κ3) is 3.98. The predicted octanol–water partition coefficient (Wildman–Crippen LogP) is 3.70. The van der Waals surface area contributed by atoms with E-state index in [0.717, 1.165) is 18.4 Å². The van der Waals surface area contributed by atoms with Crippen molar-refractivity contribution in [3.05, 3.63) is 71.7 Å². The minimum atomic E-state index is -0.752. The lowest BCUT2D eigenvalue weighted by atomic mass is 9.62. The van der Waals surface area contributed by atoms with Gasteiger partial charge in [-0.3, -0.25) is 19.8 Å². The highest BCUT2D eigenvalue weighted by Gasteiger charge is 2.50. The molecule has 0 radical (unpaired) electrons. The molecule has 5 heteroatoms. The second kappa shape index (κ2) is 8.89. The average molecular weight is 404 g/mol. The van der Waals surface area contributed by atoms with Gasteiger partial charge in [-0.05, 0) is 49.4 Å². The second-order valence-electron chi connectivity index (χ2n) is 7.37. The Balaban J connectivity index is 0.00000306. The Morgan fingerprint density at radius 3 is 2.39 bits per heavy atom. The number of hydrogen-bond acceptors (Lipinski definition) is 3. The molecule has 1 unspecified atom stereocenters. The molecular weight excluding hydrogens is 372 g/mol. The van der Waals surface area contributed by atoms with E-state index >= 15 is 0 Å². The summed E-state index contributed by atoms with van der Waals surface area (Å²) in [4.78, 5) is 27.1. The predicted molar refractivity (Wildman–Crippen MR) is 112 cm³/mol. The lowest BCUT2D eigenvalue weighted by Crippen LogP contribution is -2.57. The Kier molecular flexibility index (Phi) is 4.69. The number of nitrogens with zero attached hydrogens (tertiary/aromatic N) is 1. The Hall–Kier alpha value is -2.17. The Bertz CT molecular complexity index is 1030. The number of halogens is 1. The van der Waals surface area contributed by atoms with Crippen molar-refractivity contribution in [2.45, 2.75) is 37.6 Å². The molecule has 2 saturated heterocycles. The van der Waals surface area contributed by atoms with Crippen LogP contribution >= 0.6 is 12.4 Å². The van der Waals surface area contributed by atoms with Gasteiger partial charge in [0, 0.05) is 13.0 Å². The maximum atomic E-state index is 13.1. The van der Waals surface area contributed by atoms with Crippen molar-refractivity contribution >= 4 is 24.2 Å². The summed E-state index contributed by atoms with van der Waals surface area (Å²) in [5.74, 6) is -0.418. The number of carbonyl (C=O) groups is 2. The van der Waals surface area contributed by atoms with Gasteiger partial charge in [-0.25, -0.2) is 0 Å². The van der Waals surface area contributed by atoms with Crippen molar-refractivity contribution in [2.24, 2.45) is 5.92 Å². The van der Waals surface area contributed by atoms with Gasteiger partial charge < -0.3 is 0 Å². The zero-order valence-corrected chi connectivity index (χ0v) is 16.4. The van der Waals surface area contributed by atoms with Crippen molar-refractivity contribution in [3.8, 4) is 0 Å². The first-order chi connectivity index (χ1) is 15.3. The third-order valence-electron chi connectivity index (χ3n) is 5.91. The lowest BCUT2D eigenvalue weighted by Gasteiger charge is -2.45. The molecule has 2 heterocycles. The van der Waals surface area contributed by atoms with Crippen LogP contribution < -0.4 is 5.32 Å². The number of imide groups is 1. The first kappa shape index (κ1) is 14.8. The summed E-state index contributed by atoms with van der Waals surface area (Å²) >= 11 is 0.